The average Bonchev–Trinajstić information content (AvgIpc) is 2.85. The molecular formula is C11H12Cl2N2OS. The fourth-order valence-electron chi connectivity index (χ4n) is 1.49. The molecule has 2 aromatic rings. The Bertz CT molecular complexity index is 495. The molecular weight excluding hydrogens is 279 g/mol. The molecule has 17 heavy (non-hydrogen) atoms. The smallest absolute Gasteiger partial charge is 0.181 e. The zero-order valence-corrected chi connectivity index (χ0v) is 11.6. The summed E-state index contributed by atoms with van der Waals surface area (Å²) in [5.41, 5.74) is 1.67. The second-order valence-corrected chi connectivity index (χ2v) is 5.83. The molecule has 0 bridgehead atoms. The Morgan fingerprint density at radius 2 is 2.29 bits per heavy atom. The summed E-state index contributed by atoms with van der Waals surface area (Å²) in [6.07, 6.45) is 2.51. The minimum absolute atomic E-state index is 0.628. The summed E-state index contributed by atoms with van der Waals surface area (Å²) < 4.78 is 6.66. The van der Waals surface area contributed by atoms with Crippen LogP contribution < -0.4 is 5.32 Å². The van der Waals surface area contributed by atoms with Crippen LogP contribution in [0.1, 0.15) is 19.0 Å². The maximum atomic E-state index is 6.10. The van der Waals surface area contributed by atoms with E-state index in [0.29, 0.717) is 21.0 Å². The molecule has 0 radical (unpaired) electrons. The van der Waals surface area contributed by atoms with Crippen molar-refractivity contribution in [3.8, 4) is 11.3 Å². The summed E-state index contributed by atoms with van der Waals surface area (Å²) in [7, 11) is 0. The van der Waals surface area contributed by atoms with E-state index in [1.54, 1.807) is 6.07 Å². The lowest BCUT2D eigenvalue weighted by Crippen LogP contribution is -2.14. The third kappa shape index (κ3) is 3.01. The van der Waals surface area contributed by atoms with Crippen molar-refractivity contribution < 1.29 is 4.42 Å². The fourth-order valence-corrected chi connectivity index (χ4v) is 2.95. The van der Waals surface area contributed by atoms with E-state index in [1.165, 1.54) is 17.7 Å². The molecule has 3 nitrogen and oxygen atoms in total. The zero-order chi connectivity index (χ0) is 12.3. The predicted octanol–water partition coefficient (Wildman–Crippen LogP) is 4.21. The highest BCUT2D eigenvalue weighted by molar-refractivity contribution is 7.20. The number of rotatable bonds is 5. The molecule has 0 aliphatic heterocycles. The molecule has 0 aliphatic rings. The lowest BCUT2D eigenvalue weighted by Gasteiger charge is -2.01. The Morgan fingerprint density at radius 3 is 2.94 bits per heavy atom. The zero-order valence-electron chi connectivity index (χ0n) is 9.30. The number of nitrogens with one attached hydrogen (secondary N) is 1. The van der Waals surface area contributed by atoms with Crippen LogP contribution >= 0.6 is 34.5 Å². The molecule has 1 N–H and O–H groups in total. The minimum Gasteiger partial charge on any atom is -0.443 e. The van der Waals surface area contributed by atoms with Crippen molar-refractivity contribution in [3.05, 3.63) is 26.8 Å². The highest BCUT2D eigenvalue weighted by atomic mass is 35.5. The normalized spacial score (nSPS) is 11.0. The fraction of sp³-hybridized carbons (Fsp3) is 0.364. The van der Waals surface area contributed by atoms with Gasteiger partial charge >= 0.3 is 0 Å². The van der Waals surface area contributed by atoms with E-state index in [4.69, 9.17) is 27.6 Å². The van der Waals surface area contributed by atoms with Gasteiger partial charge in [-0.1, -0.05) is 30.1 Å². The molecule has 2 aromatic heterocycles. The van der Waals surface area contributed by atoms with Gasteiger partial charge in [-0.3, -0.25) is 0 Å². The number of oxazole rings is 1. The molecule has 92 valence electrons. The molecule has 0 saturated carbocycles. The van der Waals surface area contributed by atoms with Crippen LogP contribution in [0.25, 0.3) is 11.3 Å². The Labute approximate surface area is 114 Å². The summed E-state index contributed by atoms with van der Waals surface area (Å²) in [4.78, 5) is 4.19. The van der Waals surface area contributed by atoms with Gasteiger partial charge in [0.2, 0.25) is 0 Å². The van der Waals surface area contributed by atoms with Crippen LogP contribution in [0.2, 0.25) is 8.67 Å². The molecule has 0 amide bonds. The van der Waals surface area contributed by atoms with Gasteiger partial charge in [0.1, 0.15) is 10.0 Å². The van der Waals surface area contributed by atoms with Crippen molar-refractivity contribution >= 4 is 34.5 Å². The summed E-state index contributed by atoms with van der Waals surface area (Å²) in [6.45, 7) is 3.74. The first-order valence-corrected chi connectivity index (χ1v) is 6.88. The number of thiophene rings is 1. The second kappa shape index (κ2) is 5.87. The van der Waals surface area contributed by atoms with Crippen LogP contribution in [0.5, 0.6) is 0 Å². The molecule has 6 heteroatoms. The van der Waals surface area contributed by atoms with Crippen molar-refractivity contribution in [1.82, 2.24) is 10.3 Å². The first kappa shape index (κ1) is 12.9. The van der Waals surface area contributed by atoms with Crippen LogP contribution in [-0.2, 0) is 6.54 Å². The number of hydrogen-bond acceptors (Lipinski definition) is 4. The van der Waals surface area contributed by atoms with Gasteiger partial charge in [-0.25, -0.2) is 4.98 Å². The molecule has 0 spiro atoms. The third-order valence-corrected chi connectivity index (χ3v) is 3.75. The maximum Gasteiger partial charge on any atom is 0.181 e. The summed E-state index contributed by atoms with van der Waals surface area (Å²) in [5.74, 6) is 0.696. The van der Waals surface area contributed by atoms with Crippen molar-refractivity contribution in [2.75, 3.05) is 6.54 Å². The summed E-state index contributed by atoms with van der Waals surface area (Å²) >= 11 is 13.3. The monoisotopic (exact) mass is 290 g/mol. The van der Waals surface area contributed by atoms with E-state index in [9.17, 15) is 0 Å². The van der Waals surface area contributed by atoms with E-state index < -0.39 is 0 Å². The van der Waals surface area contributed by atoms with Gasteiger partial charge in [0.05, 0.1) is 9.90 Å². The molecule has 0 aliphatic carbocycles. The molecule has 0 fully saturated rings. The van der Waals surface area contributed by atoms with Crippen LogP contribution in [0.15, 0.2) is 16.9 Å². The van der Waals surface area contributed by atoms with Crippen LogP contribution in [0, 0.1) is 0 Å². The standard InChI is InChI=1S/C11H12Cl2N2OS/c1-2-3-14-5-8-10(16-6-15-8)7-4-9(12)17-11(7)13/h4,6,14H,2-3,5H2,1H3. The van der Waals surface area contributed by atoms with Crippen molar-refractivity contribution in [2.45, 2.75) is 19.9 Å². The van der Waals surface area contributed by atoms with Gasteiger partial charge in [-0.2, -0.15) is 0 Å². The molecule has 2 rings (SSSR count). The number of nitrogens with zero attached hydrogens (tertiary/aromatic N) is 1. The third-order valence-electron chi connectivity index (χ3n) is 2.26. The minimum atomic E-state index is 0.628. The Balaban J connectivity index is 2.21. The molecule has 0 atom stereocenters. The van der Waals surface area contributed by atoms with Gasteiger partial charge in [0, 0.05) is 6.54 Å². The van der Waals surface area contributed by atoms with E-state index in [0.717, 1.165) is 24.2 Å². The first-order chi connectivity index (χ1) is 8.22. The maximum absolute atomic E-state index is 6.10. The Morgan fingerprint density at radius 1 is 1.47 bits per heavy atom. The van der Waals surface area contributed by atoms with E-state index in [-0.39, 0.29) is 0 Å². The van der Waals surface area contributed by atoms with Crippen molar-refractivity contribution in [2.24, 2.45) is 0 Å². The van der Waals surface area contributed by atoms with Gasteiger partial charge in [0.25, 0.3) is 0 Å². The molecule has 0 unspecified atom stereocenters. The van der Waals surface area contributed by atoms with Gasteiger partial charge in [0.15, 0.2) is 12.2 Å². The van der Waals surface area contributed by atoms with Crippen molar-refractivity contribution in [3.63, 3.8) is 0 Å². The van der Waals surface area contributed by atoms with E-state index in [2.05, 4.69) is 17.2 Å². The summed E-state index contributed by atoms with van der Waals surface area (Å²) in [5, 5.41) is 3.28. The molecule has 0 aromatic carbocycles. The lowest BCUT2D eigenvalue weighted by molar-refractivity contribution is 0.569. The topological polar surface area (TPSA) is 38.1 Å². The SMILES string of the molecule is CCCNCc1ncoc1-c1cc(Cl)sc1Cl. The first-order valence-electron chi connectivity index (χ1n) is 5.30. The number of aromatic nitrogens is 1. The van der Waals surface area contributed by atoms with Gasteiger partial charge in [-0.05, 0) is 19.0 Å². The highest BCUT2D eigenvalue weighted by Gasteiger charge is 2.16. The quantitative estimate of drug-likeness (QED) is 0.839. The average molecular weight is 291 g/mol. The predicted molar refractivity (Wildman–Crippen MR) is 71.8 cm³/mol. The van der Waals surface area contributed by atoms with Crippen LogP contribution in [-0.4, -0.2) is 11.5 Å². The summed E-state index contributed by atoms with van der Waals surface area (Å²) in [6, 6.07) is 1.80. The van der Waals surface area contributed by atoms with Gasteiger partial charge < -0.3 is 9.73 Å². The van der Waals surface area contributed by atoms with Gasteiger partial charge in [-0.15, -0.1) is 11.3 Å². The number of halogens is 2. The van der Waals surface area contributed by atoms with Crippen LogP contribution in [0.3, 0.4) is 0 Å². The Kier molecular flexibility index (Phi) is 4.45. The van der Waals surface area contributed by atoms with E-state index in [1.807, 2.05) is 0 Å². The highest BCUT2D eigenvalue weighted by Crippen LogP contribution is 2.39. The molecule has 2 heterocycles. The lowest BCUT2D eigenvalue weighted by atomic mass is 10.2. The van der Waals surface area contributed by atoms with Crippen molar-refractivity contribution in [1.29, 1.82) is 0 Å². The molecule has 0 saturated heterocycles. The Hall–Kier alpha value is -0.550. The largest absolute Gasteiger partial charge is 0.443 e. The second-order valence-electron chi connectivity index (χ2n) is 3.54. The van der Waals surface area contributed by atoms with E-state index >= 15 is 0 Å². The number of hydrogen-bond donors (Lipinski definition) is 1. The van der Waals surface area contributed by atoms with Crippen LogP contribution in [0.4, 0.5) is 0 Å².